The molecule has 1 unspecified atom stereocenters. The number of hydrogen-bond donors (Lipinski definition) is 2. The molecule has 2 aliphatic rings. The largest absolute Gasteiger partial charge is 0.485 e. The fraction of sp³-hybridized carbons (Fsp3) is 0.167. The molecule has 198 valence electrons. The number of fused-ring (bicyclic) bond motifs is 4. The molecule has 0 radical (unpaired) electrons. The van der Waals surface area contributed by atoms with E-state index in [1.54, 1.807) is 43.0 Å². The van der Waals surface area contributed by atoms with Gasteiger partial charge in [-0.25, -0.2) is 9.97 Å². The van der Waals surface area contributed by atoms with E-state index in [2.05, 4.69) is 25.6 Å². The molecule has 2 amide bonds. The lowest BCUT2D eigenvalue weighted by Crippen LogP contribution is -2.24. The van der Waals surface area contributed by atoms with Crippen LogP contribution in [0.5, 0.6) is 5.75 Å². The van der Waals surface area contributed by atoms with Crippen LogP contribution in [-0.2, 0) is 4.79 Å². The molecule has 7 rings (SSSR count). The van der Waals surface area contributed by atoms with Crippen LogP contribution in [0.3, 0.4) is 0 Å². The SMILES string of the molecule is CC1Oc2cc(N3CCCC3=O)ccc2-c2cnc(Nc3cncc(NC(=O)c4ccn5ccnc5c4)c3)cc21. The predicted octanol–water partition coefficient (Wildman–Crippen LogP) is 5.37. The maximum absolute atomic E-state index is 12.8. The van der Waals surface area contributed by atoms with Crippen molar-refractivity contribution in [2.75, 3.05) is 22.1 Å². The standard InChI is InChI=1S/C30H25N7O3/c1-18-24-14-27(33-17-25(24)23-5-4-22(13-26(23)40-18)37-8-2-3-29(37)38)34-20-12-21(16-31-15-20)35-30(39)19-6-9-36-10-7-32-28(36)11-19/h4-7,9-18H,2-3,8H2,1H3,(H,33,34)(H,35,39). The van der Waals surface area contributed by atoms with Crippen LogP contribution in [0.2, 0.25) is 0 Å². The second-order valence-corrected chi connectivity index (χ2v) is 9.90. The molecule has 2 N–H and O–H groups in total. The molecule has 0 spiro atoms. The number of nitrogens with one attached hydrogen (secondary N) is 2. The van der Waals surface area contributed by atoms with Crippen molar-refractivity contribution in [1.29, 1.82) is 0 Å². The first-order valence-corrected chi connectivity index (χ1v) is 13.1. The zero-order valence-corrected chi connectivity index (χ0v) is 21.7. The van der Waals surface area contributed by atoms with Gasteiger partial charge in [-0.2, -0.15) is 0 Å². The number of aromatic nitrogens is 4. The highest BCUT2D eigenvalue weighted by molar-refractivity contribution is 6.05. The summed E-state index contributed by atoms with van der Waals surface area (Å²) in [5.74, 6) is 1.28. The Morgan fingerprint density at radius 1 is 1.00 bits per heavy atom. The van der Waals surface area contributed by atoms with Gasteiger partial charge in [-0.3, -0.25) is 14.6 Å². The van der Waals surface area contributed by atoms with Crippen LogP contribution in [0.15, 0.2) is 79.6 Å². The van der Waals surface area contributed by atoms with Gasteiger partial charge < -0.3 is 24.7 Å². The summed E-state index contributed by atoms with van der Waals surface area (Å²) in [6.45, 7) is 2.74. The molecule has 1 fully saturated rings. The first-order chi connectivity index (χ1) is 19.5. The van der Waals surface area contributed by atoms with Gasteiger partial charge in [-0.15, -0.1) is 0 Å². The monoisotopic (exact) mass is 531 g/mol. The third-order valence-electron chi connectivity index (χ3n) is 7.25. The van der Waals surface area contributed by atoms with Crippen LogP contribution in [0, 0.1) is 0 Å². The number of nitrogens with zero attached hydrogens (tertiary/aromatic N) is 5. The summed E-state index contributed by atoms with van der Waals surface area (Å²) in [4.78, 5) is 40.0. The van der Waals surface area contributed by atoms with E-state index in [9.17, 15) is 9.59 Å². The lowest BCUT2D eigenvalue weighted by Gasteiger charge is -2.28. The first kappa shape index (κ1) is 23.8. The number of amides is 2. The van der Waals surface area contributed by atoms with Gasteiger partial charge in [0, 0.05) is 71.8 Å². The molecule has 0 saturated carbocycles. The minimum absolute atomic E-state index is 0.149. The second kappa shape index (κ2) is 9.49. The molecule has 6 heterocycles. The van der Waals surface area contributed by atoms with Crippen molar-refractivity contribution in [3.05, 3.63) is 90.8 Å². The van der Waals surface area contributed by atoms with Gasteiger partial charge in [0.1, 0.15) is 23.3 Å². The Balaban J connectivity index is 1.10. The van der Waals surface area contributed by atoms with Crippen molar-refractivity contribution >= 4 is 40.3 Å². The van der Waals surface area contributed by atoms with Crippen molar-refractivity contribution < 1.29 is 14.3 Å². The summed E-state index contributed by atoms with van der Waals surface area (Å²) in [6, 6.07) is 13.2. The van der Waals surface area contributed by atoms with Crippen molar-refractivity contribution in [3.63, 3.8) is 0 Å². The number of carbonyl (C=O) groups is 2. The average molecular weight is 532 g/mol. The number of ether oxygens (including phenoxy) is 1. The second-order valence-electron chi connectivity index (χ2n) is 9.90. The molecule has 1 atom stereocenters. The smallest absolute Gasteiger partial charge is 0.255 e. The van der Waals surface area contributed by atoms with E-state index in [-0.39, 0.29) is 17.9 Å². The highest BCUT2D eigenvalue weighted by Crippen LogP contribution is 2.44. The fourth-order valence-corrected chi connectivity index (χ4v) is 5.25. The minimum atomic E-state index is -0.252. The molecule has 5 aromatic rings. The molecule has 0 aliphatic carbocycles. The van der Waals surface area contributed by atoms with Gasteiger partial charge >= 0.3 is 0 Å². The molecule has 10 nitrogen and oxygen atoms in total. The summed E-state index contributed by atoms with van der Waals surface area (Å²) in [7, 11) is 0. The molecule has 1 saturated heterocycles. The Morgan fingerprint density at radius 3 is 2.77 bits per heavy atom. The Kier molecular flexibility index (Phi) is 5.66. The third-order valence-corrected chi connectivity index (χ3v) is 7.25. The number of rotatable bonds is 5. The van der Waals surface area contributed by atoms with Gasteiger partial charge in [0.15, 0.2) is 0 Å². The third kappa shape index (κ3) is 4.29. The van der Waals surface area contributed by atoms with E-state index in [1.807, 2.05) is 52.9 Å². The van der Waals surface area contributed by atoms with Crippen LogP contribution >= 0.6 is 0 Å². The van der Waals surface area contributed by atoms with Crippen LogP contribution in [0.1, 0.15) is 41.8 Å². The Labute approximate surface area is 229 Å². The number of anilines is 4. The van der Waals surface area contributed by atoms with Crippen molar-refractivity contribution in [2.24, 2.45) is 0 Å². The first-order valence-electron chi connectivity index (χ1n) is 13.1. The summed E-state index contributed by atoms with van der Waals surface area (Å²) in [6.07, 6.45) is 11.7. The topological polar surface area (TPSA) is 114 Å². The number of imidazole rings is 1. The van der Waals surface area contributed by atoms with E-state index in [1.165, 1.54) is 0 Å². The van der Waals surface area contributed by atoms with Gasteiger partial charge in [0.05, 0.1) is 23.8 Å². The number of hydrogen-bond acceptors (Lipinski definition) is 7. The molecule has 1 aromatic carbocycles. The molecule has 4 aromatic heterocycles. The lowest BCUT2D eigenvalue weighted by molar-refractivity contribution is -0.117. The maximum atomic E-state index is 12.8. The minimum Gasteiger partial charge on any atom is -0.485 e. The zero-order chi connectivity index (χ0) is 27.2. The Morgan fingerprint density at radius 2 is 1.90 bits per heavy atom. The quantitative estimate of drug-likeness (QED) is 0.314. The molecule has 0 bridgehead atoms. The van der Waals surface area contributed by atoms with Gasteiger partial charge in [-0.1, -0.05) is 0 Å². The van der Waals surface area contributed by atoms with E-state index in [4.69, 9.17) is 4.74 Å². The van der Waals surface area contributed by atoms with Crippen molar-refractivity contribution in [1.82, 2.24) is 19.4 Å². The average Bonchev–Trinajstić information content (AvgIpc) is 3.61. The summed E-state index contributed by atoms with van der Waals surface area (Å²) < 4.78 is 8.11. The number of benzene rings is 1. The van der Waals surface area contributed by atoms with E-state index < -0.39 is 0 Å². The zero-order valence-electron chi connectivity index (χ0n) is 21.7. The van der Waals surface area contributed by atoms with E-state index in [0.29, 0.717) is 34.8 Å². The fourth-order valence-electron chi connectivity index (χ4n) is 5.25. The highest BCUT2D eigenvalue weighted by atomic mass is 16.5. The van der Waals surface area contributed by atoms with Gasteiger partial charge in [0.25, 0.3) is 5.91 Å². The maximum Gasteiger partial charge on any atom is 0.255 e. The Bertz CT molecular complexity index is 1800. The van der Waals surface area contributed by atoms with E-state index >= 15 is 0 Å². The summed E-state index contributed by atoms with van der Waals surface area (Å²) >= 11 is 0. The van der Waals surface area contributed by atoms with Crippen LogP contribution in [0.25, 0.3) is 16.8 Å². The normalized spacial score (nSPS) is 15.9. The highest BCUT2D eigenvalue weighted by Gasteiger charge is 2.27. The molecular weight excluding hydrogens is 506 g/mol. The van der Waals surface area contributed by atoms with Crippen LogP contribution in [0.4, 0.5) is 22.9 Å². The Hall–Kier alpha value is -5.25. The summed E-state index contributed by atoms with van der Waals surface area (Å²) in [5.41, 5.74) is 6.23. The van der Waals surface area contributed by atoms with Crippen molar-refractivity contribution in [3.8, 4) is 16.9 Å². The lowest BCUT2D eigenvalue weighted by atomic mass is 9.94. The van der Waals surface area contributed by atoms with Gasteiger partial charge in [-0.05, 0) is 49.7 Å². The number of carbonyl (C=O) groups excluding carboxylic acids is 2. The van der Waals surface area contributed by atoms with Crippen molar-refractivity contribution in [2.45, 2.75) is 25.9 Å². The summed E-state index contributed by atoms with van der Waals surface area (Å²) in [5, 5.41) is 6.18. The molecular formula is C30H25N7O3. The van der Waals surface area contributed by atoms with E-state index in [0.717, 1.165) is 41.1 Å². The van der Waals surface area contributed by atoms with Crippen LogP contribution in [-0.4, -0.2) is 37.7 Å². The molecule has 10 heteroatoms. The van der Waals surface area contributed by atoms with Crippen LogP contribution < -0.4 is 20.3 Å². The number of pyridine rings is 3. The molecule has 40 heavy (non-hydrogen) atoms. The predicted molar refractivity (Wildman–Crippen MR) is 151 cm³/mol. The molecule has 2 aliphatic heterocycles. The van der Waals surface area contributed by atoms with Gasteiger partial charge in [0.2, 0.25) is 5.91 Å².